The van der Waals surface area contributed by atoms with Crippen LogP contribution in [0.1, 0.15) is 32.8 Å². The Morgan fingerprint density at radius 3 is 2.33 bits per heavy atom. The third-order valence-electron chi connectivity index (χ3n) is 2.59. The number of hydrogen-bond donors (Lipinski definition) is 2. The van der Waals surface area contributed by atoms with E-state index in [0.717, 1.165) is 5.56 Å². The second-order valence-electron chi connectivity index (χ2n) is 5.82. The first-order chi connectivity index (χ1) is 9.67. The third kappa shape index (κ3) is 7.34. The number of carbonyl (C=O) groups excluding carboxylic acids is 2. The predicted octanol–water partition coefficient (Wildman–Crippen LogP) is 2.96. The molecule has 0 spiro atoms. The van der Waals surface area contributed by atoms with Crippen molar-refractivity contribution < 1.29 is 9.59 Å². The zero-order valence-electron chi connectivity index (χ0n) is 12.4. The highest BCUT2D eigenvalue weighted by molar-refractivity contribution is 6.42. The van der Waals surface area contributed by atoms with E-state index in [0.29, 0.717) is 22.9 Å². The van der Waals surface area contributed by atoms with Crippen molar-refractivity contribution in [3.05, 3.63) is 33.8 Å². The van der Waals surface area contributed by atoms with Gasteiger partial charge in [0.25, 0.3) is 0 Å². The molecular formula is C15H20Cl2N2O2. The molecule has 0 aromatic heterocycles. The number of carbonyl (C=O) groups is 2. The summed E-state index contributed by atoms with van der Waals surface area (Å²) < 4.78 is 0. The summed E-state index contributed by atoms with van der Waals surface area (Å²) in [7, 11) is 0. The molecule has 1 aromatic carbocycles. The van der Waals surface area contributed by atoms with Crippen LogP contribution in [0.2, 0.25) is 10.0 Å². The topological polar surface area (TPSA) is 58.2 Å². The van der Waals surface area contributed by atoms with Crippen LogP contribution in [-0.2, 0) is 16.0 Å². The molecule has 0 bridgehead atoms. The Kier molecular flexibility index (Phi) is 6.49. The zero-order chi connectivity index (χ0) is 16.0. The second kappa shape index (κ2) is 7.66. The molecule has 0 heterocycles. The Morgan fingerprint density at radius 1 is 1.10 bits per heavy atom. The lowest BCUT2D eigenvalue weighted by molar-refractivity contribution is -0.126. The van der Waals surface area contributed by atoms with Gasteiger partial charge in [-0.15, -0.1) is 0 Å². The third-order valence-corrected chi connectivity index (χ3v) is 3.32. The molecule has 0 atom stereocenters. The molecular weight excluding hydrogens is 311 g/mol. The van der Waals surface area contributed by atoms with Crippen molar-refractivity contribution >= 4 is 35.0 Å². The summed E-state index contributed by atoms with van der Waals surface area (Å²) in [5, 5.41) is 6.33. The molecule has 0 aliphatic carbocycles. The maximum Gasteiger partial charge on any atom is 0.239 e. The minimum atomic E-state index is -0.304. The second-order valence-corrected chi connectivity index (χ2v) is 6.64. The first-order valence-corrected chi connectivity index (χ1v) is 7.44. The van der Waals surface area contributed by atoms with E-state index in [1.165, 1.54) is 0 Å². The molecule has 0 fully saturated rings. The first kappa shape index (κ1) is 17.8. The van der Waals surface area contributed by atoms with Crippen molar-refractivity contribution in [2.45, 2.75) is 39.2 Å². The first-order valence-electron chi connectivity index (χ1n) is 6.69. The van der Waals surface area contributed by atoms with Crippen LogP contribution in [0.25, 0.3) is 0 Å². The number of nitrogens with one attached hydrogen (secondary N) is 2. The molecule has 21 heavy (non-hydrogen) atoms. The molecule has 0 aliphatic rings. The van der Waals surface area contributed by atoms with Crippen LogP contribution in [0.4, 0.5) is 0 Å². The van der Waals surface area contributed by atoms with E-state index in [1.54, 1.807) is 12.1 Å². The molecule has 4 nitrogen and oxygen atoms in total. The van der Waals surface area contributed by atoms with Crippen LogP contribution in [-0.4, -0.2) is 23.9 Å². The number of benzene rings is 1. The van der Waals surface area contributed by atoms with Gasteiger partial charge in [-0.05, 0) is 44.9 Å². The average Bonchev–Trinajstić information content (AvgIpc) is 2.36. The van der Waals surface area contributed by atoms with Crippen LogP contribution in [0, 0.1) is 0 Å². The largest absolute Gasteiger partial charge is 0.350 e. The maximum atomic E-state index is 11.7. The van der Waals surface area contributed by atoms with Gasteiger partial charge < -0.3 is 10.6 Å². The molecule has 1 rings (SSSR count). The molecule has 0 saturated heterocycles. The lowest BCUT2D eigenvalue weighted by Crippen LogP contribution is -2.45. The number of halogens is 2. The predicted molar refractivity (Wildman–Crippen MR) is 85.7 cm³/mol. The van der Waals surface area contributed by atoms with E-state index in [1.807, 2.05) is 26.8 Å². The summed E-state index contributed by atoms with van der Waals surface area (Å²) in [6.07, 6.45) is 0.838. The Hall–Kier alpha value is -1.26. The molecule has 0 unspecified atom stereocenters. The molecule has 0 saturated carbocycles. The molecule has 2 amide bonds. The van der Waals surface area contributed by atoms with Gasteiger partial charge in [0.05, 0.1) is 16.6 Å². The highest BCUT2D eigenvalue weighted by Crippen LogP contribution is 2.23. The smallest absolute Gasteiger partial charge is 0.239 e. The number of rotatable bonds is 5. The summed E-state index contributed by atoms with van der Waals surface area (Å²) in [6, 6.07) is 5.27. The maximum absolute atomic E-state index is 11.7. The summed E-state index contributed by atoms with van der Waals surface area (Å²) in [6.45, 7) is 5.64. The van der Waals surface area contributed by atoms with Gasteiger partial charge in [-0.3, -0.25) is 9.59 Å². The fourth-order valence-corrected chi connectivity index (χ4v) is 2.00. The van der Waals surface area contributed by atoms with Crippen molar-refractivity contribution in [1.82, 2.24) is 10.6 Å². The van der Waals surface area contributed by atoms with E-state index in [2.05, 4.69) is 10.6 Å². The quantitative estimate of drug-likeness (QED) is 0.871. The van der Waals surface area contributed by atoms with Crippen LogP contribution in [0.3, 0.4) is 0 Å². The molecule has 2 N–H and O–H groups in total. The SMILES string of the molecule is CC(C)(C)NC(=O)CNC(=O)CCc1ccc(Cl)c(Cl)c1. The Bertz CT molecular complexity index is 525. The van der Waals surface area contributed by atoms with Crippen LogP contribution in [0.5, 0.6) is 0 Å². The van der Waals surface area contributed by atoms with E-state index in [4.69, 9.17) is 23.2 Å². The van der Waals surface area contributed by atoms with Gasteiger partial charge in [0.1, 0.15) is 0 Å². The van der Waals surface area contributed by atoms with Gasteiger partial charge >= 0.3 is 0 Å². The van der Waals surface area contributed by atoms with E-state index in [-0.39, 0.29) is 23.9 Å². The minimum absolute atomic E-state index is 0.0164. The van der Waals surface area contributed by atoms with Gasteiger partial charge in [-0.2, -0.15) is 0 Å². The highest BCUT2D eigenvalue weighted by atomic mass is 35.5. The van der Waals surface area contributed by atoms with Crippen molar-refractivity contribution in [3.8, 4) is 0 Å². The van der Waals surface area contributed by atoms with Crippen molar-refractivity contribution in [2.24, 2.45) is 0 Å². The highest BCUT2D eigenvalue weighted by Gasteiger charge is 2.14. The molecule has 1 aromatic rings. The van der Waals surface area contributed by atoms with Gasteiger partial charge in [0.15, 0.2) is 0 Å². The molecule has 0 aliphatic heterocycles. The molecule has 116 valence electrons. The zero-order valence-corrected chi connectivity index (χ0v) is 13.9. The fraction of sp³-hybridized carbons (Fsp3) is 0.467. The van der Waals surface area contributed by atoms with Crippen molar-refractivity contribution in [1.29, 1.82) is 0 Å². The van der Waals surface area contributed by atoms with Gasteiger partial charge in [0, 0.05) is 12.0 Å². The summed E-state index contributed by atoms with van der Waals surface area (Å²) in [5.41, 5.74) is 0.626. The Balaban J connectivity index is 2.34. The monoisotopic (exact) mass is 330 g/mol. The fourth-order valence-electron chi connectivity index (χ4n) is 1.68. The summed E-state index contributed by atoms with van der Waals surface area (Å²) >= 11 is 11.7. The lowest BCUT2D eigenvalue weighted by Gasteiger charge is -2.20. The average molecular weight is 331 g/mol. The lowest BCUT2D eigenvalue weighted by atomic mass is 10.1. The molecule has 6 heteroatoms. The molecule has 0 radical (unpaired) electrons. The Morgan fingerprint density at radius 2 is 1.76 bits per heavy atom. The summed E-state index contributed by atoms with van der Waals surface area (Å²) in [4.78, 5) is 23.2. The van der Waals surface area contributed by atoms with Gasteiger partial charge in [0.2, 0.25) is 11.8 Å². The van der Waals surface area contributed by atoms with E-state index < -0.39 is 0 Å². The van der Waals surface area contributed by atoms with Crippen molar-refractivity contribution in [2.75, 3.05) is 6.54 Å². The Labute approximate surface area is 135 Å². The normalized spacial score (nSPS) is 11.1. The van der Waals surface area contributed by atoms with Crippen molar-refractivity contribution in [3.63, 3.8) is 0 Å². The van der Waals surface area contributed by atoms with Crippen LogP contribution < -0.4 is 10.6 Å². The minimum Gasteiger partial charge on any atom is -0.350 e. The van der Waals surface area contributed by atoms with Gasteiger partial charge in [-0.1, -0.05) is 29.3 Å². The van der Waals surface area contributed by atoms with Crippen LogP contribution in [0.15, 0.2) is 18.2 Å². The number of hydrogen-bond acceptors (Lipinski definition) is 2. The number of amides is 2. The van der Waals surface area contributed by atoms with Gasteiger partial charge in [-0.25, -0.2) is 0 Å². The number of aryl methyl sites for hydroxylation is 1. The van der Waals surface area contributed by atoms with E-state index >= 15 is 0 Å². The summed E-state index contributed by atoms with van der Waals surface area (Å²) in [5.74, 6) is -0.379. The standard InChI is InChI=1S/C15H20Cl2N2O2/c1-15(2,3)19-14(21)9-18-13(20)7-5-10-4-6-11(16)12(17)8-10/h4,6,8H,5,7,9H2,1-3H3,(H,18,20)(H,19,21). The van der Waals surface area contributed by atoms with E-state index in [9.17, 15) is 9.59 Å². The van der Waals surface area contributed by atoms with Crippen LogP contribution >= 0.6 is 23.2 Å².